The average molecular weight is 507 g/mol. The normalized spacial score (nSPS) is 11.5. The maximum atomic E-state index is 11.7. The lowest BCUT2D eigenvalue weighted by atomic mass is 10.1. The number of ether oxygens (including phenoxy) is 2. The summed E-state index contributed by atoms with van der Waals surface area (Å²) >= 11 is 0. The smallest absolute Gasteiger partial charge is 0.330 e. The zero-order valence-electron chi connectivity index (χ0n) is 23.9. The Morgan fingerprint density at radius 1 is 0.417 bits per heavy atom. The molecular weight excluding hydrogens is 448 g/mol. The van der Waals surface area contributed by atoms with Crippen molar-refractivity contribution in [1.29, 1.82) is 0 Å². The Kier molecular flexibility index (Phi) is 28.3. The van der Waals surface area contributed by atoms with Gasteiger partial charge in [0.15, 0.2) is 0 Å². The van der Waals surface area contributed by atoms with Crippen LogP contribution < -0.4 is 0 Å². The van der Waals surface area contributed by atoms with E-state index in [0.29, 0.717) is 13.2 Å². The van der Waals surface area contributed by atoms with Crippen molar-refractivity contribution < 1.29 is 19.1 Å². The fourth-order valence-electron chi connectivity index (χ4n) is 4.24. The SMILES string of the molecule is CCCCCCCCCCCCCOC(=O)C=CC=CC(=O)OCCCCCCCCCCCCC. The minimum absolute atomic E-state index is 0.360. The van der Waals surface area contributed by atoms with E-state index in [0.717, 1.165) is 25.7 Å². The Balaban J connectivity index is 3.45. The van der Waals surface area contributed by atoms with Crippen LogP contribution in [-0.4, -0.2) is 25.2 Å². The second-order valence-electron chi connectivity index (χ2n) is 10.1. The van der Waals surface area contributed by atoms with Crippen LogP contribution in [0.15, 0.2) is 24.3 Å². The molecule has 0 bridgehead atoms. The topological polar surface area (TPSA) is 52.6 Å². The molecule has 0 saturated carbocycles. The van der Waals surface area contributed by atoms with Crippen LogP contribution in [0.3, 0.4) is 0 Å². The molecule has 0 radical (unpaired) electrons. The van der Waals surface area contributed by atoms with Gasteiger partial charge in [0.25, 0.3) is 0 Å². The lowest BCUT2D eigenvalue weighted by Gasteiger charge is -2.03. The van der Waals surface area contributed by atoms with Gasteiger partial charge in [-0.15, -0.1) is 0 Å². The number of esters is 2. The van der Waals surface area contributed by atoms with Crippen LogP contribution in [0.5, 0.6) is 0 Å². The van der Waals surface area contributed by atoms with E-state index in [1.165, 1.54) is 140 Å². The van der Waals surface area contributed by atoms with Gasteiger partial charge in [0.1, 0.15) is 0 Å². The first kappa shape index (κ1) is 34.4. The van der Waals surface area contributed by atoms with Crippen molar-refractivity contribution in [2.45, 2.75) is 155 Å². The molecule has 0 aliphatic heterocycles. The summed E-state index contributed by atoms with van der Waals surface area (Å²) in [6, 6.07) is 0. The summed E-state index contributed by atoms with van der Waals surface area (Å²) in [6.07, 6.45) is 33.8. The predicted molar refractivity (Wildman–Crippen MR) is 153 cm³/mol. The predicted octanol–water partition coefficient (Wildman–Crippen LogP) is 9.81. The Hall–Kier alpha value is -1.58. The second-order valence-corrected chi connectivity index (χ2v) is 10.1. The van der Waals surface area contributed by atoms with Crippen LogP contribution in [0.2, 0.25) is 0 Å². The van der Waals surface area contributed by atoms with E-state index >= 15 is 0 Å². The van der Waals surface area contributed by atoms with Gasteiger partial charge in [0, 0.05) is 12.2 Å². The summed E-state index contributed by atoms with van der Waals surface area (Å²) in [6.45, 7) is 5.43. The molecule has 0 heterocycles. The monoisotopic (exact) mass is 506 g/mol. The molecule has 0 N–H and O–H groups in total. The Labute approximate surface area is 223 Å². The van der Waals surface area contributed by atoms with Gasteiger partial charge in [-0.1, -0.05) is 154 Å². The Morgan fingerprint density at radius 3 is 0.944 bits per heavy atom. The molecule has 0 aromatic carbocycles. The first-order chi connectivity index (χ1) is 17.7. The summed E-state index contributed by atoms with van der Waals surface area (Å²) in [5, 5.41) is 0. The summed E-state index contributed by atoms with van der Waals surface area (Å²) in [4.78, 5) is 23.4. The van der Waals surface area contributed by atoms with Crippen LogP contribution in [0, 0.1) is 0 Å². The van der Waals surface area contributed by atoms with Gasteiger partial charge in [0.05, 0.1) is 13.2 Å². The van der Waals surface area contributed by atoms with Crippen molar-refractivity contribution >= 4 is 11.9 Å². The quantitative estimate of drug-likeness (QED) is 0.0481. The highest BCUT2D eigenvalue weighted by molar-refractivity contribution is 5.84. The van der Waals surface area contributed by atoms with Crippen molar-refractivity contribution in [1.82, 2.24) is 0 Å². The maximum Gasteiger partial charge on any atom is 0.330 e. The third-order valence-corrected chi connectivity index (χ3v) is 6.56. The lowest BCUT2D eigenvalue weighted by Crippen LogP contribution is -2.03. The number of allylic oxidation sites excluding steroid dienone is 2. The van der Waals surface area contributed by atoms with E-state index in [9.17, 15) is 9.59 Å². The summed E-state index contributed by atoms with van der Waals surface area (Å²) in [5.41, 5.74) is 0. The van der Waals surface area contributed by atoms with E-state index in [2.05, 4.69) is 13.8 Å². The molecule has 0 aliphatic rings. The highest BCUT2D eigenvalue weighted by Crippen LogP contribution is 2.12. The summed E-state index contributed by atoms with van der Waals surface area (Å²) in [5.74, 6) is -0.720. The van der Waals surface area contributed by atoms with Gasteiger partial charge in [-0.2, -0.15) is 0 Å². The number of unbranched alkanes of at least 4 members (excludes halogenated alkanes) is 20. The van der Waals surface area contributed by atoms with E-state index in [4.69, 9.17) is 9.47 Å². The molecule has 210 valence electrons. The molecule has 0 aliphatic carbocycles. The zero-order chi connectivity index (χ0) is 26.4. The molecule has 4 nitrogen and oxygen atoms in total. The third kappa shape index (κ3) is 28.7. The average Bonchev–Trinajstić information content (AvgIpc) is 2.88. The van der Waals surface area contributed by atoms with Crippen LogP contribution >= 0.6 is 0 Å². The molecule has 36 heavy (non-hydrogen) atoms. The Bertz CT molecular complexity index is 490. The molecule has 0 saturated heterocycles. The van der Waals surface area contributed by atoms with E-state index in [1.807, 2.05) is 0 Å². The highest BCUT2D eigenvalue weighted by Gasteiger charge is 1.99. The molecule has 0 amide bonds. The first-order valence-electron chi connectivity index (χ1n) is 15.4. The molecule has 0 aromatic heterocycles. The largest absolute Gasteiger partial charge is 0.463 e. The van der Waals surface area contributed by atoms with Crippen molar-refractivity contribution in [2.24, 2.45) is 0 Å². The molecule has 0 spiro atoms. The molecule has 0 rings (SSSR count). The minimum atomic E-state index is -0.360. The van der Waals surface area contributed by atoms with E-state index in [-0.39, 0.29) is 11.9 Å². The molecule has 0 unspecified atom stereocenters. The maximum absolute atomic E-state index is 11.7. The number of carbonyl (C=O) groups is 2. The first-order valence-corrected chi connectivity index (χ1v) is 15.4. The van der Waals surface area contributed by atoms with Gasteiger partial charge in [-0.05, 0) is 12.8 Å². The highest BCUT2D eigenvalue weighted by atomic mass is 16.5. The van der Waals surface area contributed by atoms with Crippen molar-refractivity contribution in [3.8, 4) is 0 Å². The number of rotatable bonds is 27. The standard InChI is InChI=1S/C32H58O4/c1-3-5-7-9-11-13-15-17-19-21-25-29-35-31(33)27-23-24-28-32(34)36-30-26-22-20-18-16-14-12-10-8-6-4-2/h23-24,27-28H,3-22,25-26,29-30H2,1-2H3. The fourth-order valence-corrected chi connectivity index (χ4v) is 4.24. The Morgan fingerprint density at radius 2 is 0.667 bits per heavy atom. The molecule has 0 atom stereocenters. The third-order valence-electron chi connectivity index (χ3n) is 6.56. The molecule has 0 fully saturated rings. The number of hydrogen-bond donors (Lipinski definition) is 0. The molecule has 4 heteroatoms. The van der Waals surface area contributed by atoms with Crippen molar-refractivity contribution in [3.05, 3.63) is 24.3 Å². The van der Waals surface area contributed by atoms with Crippen molar-refractivity contribution in [2.75, 3.05) is 13.2 Å². The second kappa shape index (κ2) is 29.6. The number of carbonyl (C=O) groups excluding carboxylic acids is 2. The summed E-state index contributed by atoms with van der Waals surface area (Å²) in [7, 11) is 0. The number of hydrogen-bond acceptors (Lipinski definition) is 4. The van der Waals surface area contributed by atoms with Crippen LogP contribution in [0.25, 0.3) is 0 Å². The van der Waals surface area contributed by atoms with Gasteiger partial charge in [0.2, 0.25) is 0 Å². The summed E-state index contributed by atoms with van der Waals surface area (Å²) < 4.78 is 10.4. The van der Waals surface area contributed by atoms with E-state index < -0.39 is 0 Å². The van der Waals surface area contributed by atoms with Crippen molar-refractivity contribution in [3.63, 3.8) is 0 Å². The molecule has 0 aromatic rings. The van der Waals surface area contributed by atoms with Crippen LogP contribution in [0.1, 0.15) is 155 Å². The van der Waals surface area contributed by atoms with Gasteiger partial charge in [-0.25, -0.2) is 9.59 Å². The molecular formula is C32H58O4. The minimum Gasteiger partial charge on any atom is -0.463 e. The fraction of sp³-hybridized carbons (Fsp3) is 0.812. The van der Waals surface area contributed by atoms with Gasteiger partial charge < -0.3 is 9.47 Å². The van der Waals surface area contributed by atoms with E-state index in [1.54, 1.807) is 0 Å². The van der Waals surface area contributed by atoms with Gasteiger partial charge >= 0.3 is 11.9 Å². The van der Waals surface area contributed by atoms with Gasteiger partial charge in [-0.3, -0.25) is 0 Å². The lowest BCUT2D eigenvalue weighted by molar-refractivity contribution is -0.138. The van der Waals surface area contributed by atoms with Crippen LogP contribution in [-0.2, 0) is 19.1 Å². The van der Waals surface area contributed by atoms with Crippen LogP contribution in [0.4, 0.5) is 0 Å². The zero-order valence-corrected chi connectivity index (χ0v) is 23.9.